The van der Waals surface area contributed by atoms with Gasteiger partial charge >= 0.3 is 5.97 Å². The monoisotopic (exact) mass is 553 g/mol. The van der Waals surface area contributed by atoms with E-state index in [0.29, 0.717) is 31.9 Å². The first-order chi connectivity index (χ1) is 18.9. The van der Waals surface area contributed by atoms with Crippen molar-refractivity contribution in [1.29, 1.82) is 0 Å². The van der Waals surface area contributed by atoms with Crippen molar-refractivity contribution >= 4 is 55.5 Å². The van der Waals surface area contributed by atoms with E-state index < -0.39 is 5.97 Å². The molecule has 3 aromatic heterocycles. The molecule has 1 aliphatic rings. The number of rotatable bonds is 5. The van der Waals surface area contributed by atoms with E-state index in [-0.39, 0.29) is 5.91 Å². The third-order valence-corrected chi connectivity index (χ3v) is 9.58. The molecule has 0 aliphatic heterocycles. The number of pyridine rings is 1. The number of nitrogens with one attached hydrogen (secondary N) is 1. The molecule has 1 aliphatic carbocycles. The SMILES string of the molecule is COC(=O)c1c(NC(=O)c2sc3nc(-c4ccc(C)cc4)ccc3c2N)sc2c1CCC(c1ccccc1)C2. The molecule has 196 valence electrons. The number of amides is 1. The van der Waals surface area contributed by atoms with Gasteiger partial charge in [0.25, 0.3) is 5.91 Å². The first-order valence-electron chi connectivity index (χ1n) is 12.8. The molecule has 3 N–H and O–H groups in total. The van der Waals surface area contributed by atoms with Crippen LogP contribution in [-0.4, -0.2) is 24.0 Å². The van der Waals surface area contributed by atoms with Crippen molar-refractivity contribution in [1.82, 2.24) is 4.98 Å². The minimum absolute atomic E-state index is 0.351. The number of aryl methyl sites for hydroxylation is 1. The fraction of sp³-hybridized carbons (Fsp3) is 0.194. The zero-order chi connectivity index (χ0) is 27.1. The fourth-order valence-electron chi connectivity index (χ4n) is 5.21. The number of hydrogen-bond acceptors (Lipinski definition) is 7. The second-order valence-electron chi connectivity index (χ2n) is 9.76. The van der Waals surface area contributed by atoms with Crippen LogP contribution in [0.4, 0.5) is 10.7 Å². The molecule has 1 atom stereocenters. The van der Waals surface area contributed by atoms with Crippen molar-refractivity contribution in [3.8, 4) is 11.3 Å². The Balaban J connectivity index is 1.31. The Labute approximate surface area is 234 Å². The molecule has 6 rings (SSSR count). The normalized spacial score (nSPS) is 14.7. The summed E-state index contributed by atoms with van der Waals surface area (Å²) in [6.07, 6.45) is 2.51. The van der Waals surface area contributed by atoms with Crippen LogP contribution < -0.4 is 11.1 Å². The first-order valence-corrected chi connectivity index (χ1v) is 14.4. The van der Waals surface area contributed by atoms with Crippen LogP contribution in [0.15, 0.2) is 66.7 Å². The van der Waals surface area contributed by atoms with E-state index in [1.807, 2.05) is 49.4 Å². The number of nitrogens with zero attached hydrogens (tertiary/aromatic N) is 1. The number of aromatic nitrogens is 1. The van der Waals surface area contributed by atoms with Gasteiger partial charge in [-0.15, -0.1) is 22.7 Å². The van der Waals surface area contributed by atoms with Crippen LogP contribution in [0, 0.1) is 6.92 Å². The highest BCUT2D eigenvalue weighted by Gasteiger charge is 2.31. The van der Waals surface area contributed by atoms with Crippen molar-refractivity contribution < 1.29 is 14.3 Å². The second kappa shape index (κ2) is 10.3. The Morgan fingerprint density at radius 2 is 1.79 bits per heavy atom. The third kappa shape index (κ3) is 4.70. The van der Waals surface area contributed by atoms with Gasteiger partial charge in [0, 0.05) is 15.8 Å². The van der Waals surface area contributed by atoms with Crippen LogP contribution >= 0.6 is 22.7 Å². The minimum Gasteiger partial charge on any atom is -0.465 e. The van der Waals surface area contributed by atoms with Gasteiger partial charge in [0.2, 0.25) is 0 Å². The largest absolute Gasteiger partial charge is 0.465 e. The maximum absolute atomic E-state index is 13.5. The summed E-state index contributed by atoms with van der Waals surface area (Å²) in [5, 5.41) is 4.24. The molecule has 0 saturated heterocycles. The Kier molecular flexibility index (Phi) is 6.66. The van der Waals surface area contributed by atoms with E-state index >= 15 is 0 Å². The number of nitrogen functional groups attached to an aromatic ring is 1. The molecule has 1 amide bonds. The highest BCUT2D eigenvalue weighted by atomic mass is 32.1. The standard InChI is InChI=1S/C31H27N3O3S2/c1-17-8-10-19(11-9-17)23-15-14-22-26(32)27(39-29(22)33-23)28(35)34-30-25(31(36)37-2)21-13-12-20(16-24(21)38-30)18-6-4-3-5-7-18/h3-11,14-15,20H,12-13,16,32H2,1-2H3,(H,34,35). The molecule has 1 unspecified atom stereocenters. The Morgan fingerprint density at radius 3 is 2.54 bits per heavy atom. The Morgan fingerprint density at radius 1 is 1.03 bits per heavy atom. The lowest BCUT2D eigenvalue weighted by Gasteiger charge is -2.22. The summed E-state index contributed by atoms with van der Waals surface area (Å²) in [6.45, 7) is 2.04. The predicted molar refractivity (Wildman–Crippen MR) is 159 cm³/mol. The lowest BCUT2D eigenvalue weighted by Crippen LogP contribution is -2.16. The summed E-state index contributed by atoms with van der Waals surface area (Å²) >= 11 is 2.71. The number of carbonyl (C=O) groups is 2. The summed E-state index contributed by atoms with van der Waals surface area (Å²) in [7, 11) is 1.37. The number of benzene rings is 2. The number of anilines is 2. The van der Waals surface area contributed by atoms with Gasteiger partial charge in [-0.3, -0.25) is 4.79 Å². The summed E-state index contributed by atoms with van der Waals surface area (Å²) in [6, 6.07) is 22.4. The molecule has 0 fully saturated rings. The first kappa shape index (κ1) is 25.3. The van der Waals surface area contributed by atoms with E-state index in [9.17, 15) is 9.59 Å². The van der Waals surface area contributed by atoms with Crippen LogP contribution in [0.2, 0.25) is 0 Å². The van der Waals surface area contributed by atoms with Gasteiger partial charge in [-0.2, -0.15) is 0 Å². The predicted octanol–water partition coefficient (Wildman–Crippen LogP) is 7.23. The van der Waals surface area contributed by atoms with Crippen LogP contribution in [0.25, 0.3) is 21.5 Å². The summed E-state index contributed by atoms with van der Waals surface area (Å²) in [4.78, 5) is 33.3. The average Bonchev–Trinajstić information content (AvgIpc) is 3.49. The van der Waals surface area contributed by atoms with Gasteiger partial charge in [-0.25, -0.2) is 9.78 Å². The molecule has 39 heavy (non-hydrogen) atoms. The number of thiophene rings is 2. The maximum Gasteiger partial charge on any atom is 0.341 e. The van der Waals surface area contributed by atoms with Gasteiger partial charge in [0.1, 0.15) is 14.7 Å². The van der Waals surface area contributed by atoms with Crippen LogP contribution in [0.5, 0.6) is 0 Å². The lowest BCUT2D eigenvalue weighted by atomic mass is 9.83. The van der Waals surface area contributed by atoms with Gasteiger partial charge in [-0.1, -0.05) is 60.2 Å². The molecule has 0 radical (unpaired) electrons. The van der Waals surface area contributed by atoms with Crippen LogP contribution in [0.3, 0.4) is 0 Å². The minimum atomic E-state index is -0.435. The molecular formula is C31H27N3O3S2. The smallest absolute Gasteiger partial charge is 0.341 e. The van der Waals surface area contributed by atoms with E-state index in [4.69, 9.17) is 15.5 Å². The van der Waals surface area contributed by atoms with Crippen molar-refractivity contribution in [3.63, 3.8) is 0 Å². The van der Waals surface area contributed by atoms with Crippen molar-refractivity contribution in [2.24, 2.45) is 0 Å². The quantitative estimate of drug-likeness (QED) is 0.224. The molecule has 0 saturated carbocycles. The second-order valence-corrected chi connectivity index (χ2v) is 11.9. The number of methoxy groups -OCH3 is 1. The highest BCUT2D eigenvalue weighted by molar-refractivity contribution is 7.21. The van der Waals surface area contributed by atoms with E-state index in [0.717, 1.165) is 46.3 Å². The molecule has 6 nitrogen and oxygen atoms in total. The lowest BCUT2D eigenvalue weighted by molar-refractivity contribution is 0.0601. The topological polar surface area (TPSA) is 94.3 Å². The molecular weight excluding hydrogens is 526 g/mol. The molecule has 2 aromatic carbocycles. The van der Waals surface area contributed by atoms with Gasteiger partial charge < -0.3 is 15.8 Å². The van der Waals surface area contributed by atoms with Crippen molar-refractivity contribution in [2.75, 3.05) is 18.2 Å². The molecule has 0 spiro atoms. The summed E-state index contributed by atoms with van der Waals surface area (Å²) < 4.78 is 5.12. The van der Waals surface area contributed by atoms with E-state index in [1.54, 1.807) is 0 Å². The van der Waals surface area contributed by atoms with Crippen LogP contribution in [-0.2, 0) is 17.6 Å². The fourth-order valence-corrected chi connectivity index (χ4v) is 7.51. The van der Waals surface area contributed by atoms with Crippen molar-refractivity contribution in [2.45, 2.75) is 32.1 Å². The molecule has 8 heteroatoms. The van der Waals surface area contributed by atoms with Gasteiger partial charge in [0.15, 0.2) is 0 Å². The van der Waals surface area contributed by atoms with Crippen LogP contribution in [0.1, 0.15) is 53.9 Å². The number of hydrogen-bond donors (Lipinski definition) is 2. The molecule has 0 bridgehead atoms. The average molecular weight is 554 g/mol. The molecule has 3 heterocycles. The molecule has 5 aromatic rings. The number of esters is 1. The summed E-state index contributed by atoms with van der Waals surface area (Å²) in [5.41, 5.74) is 12.5. The van der Waals surface area contributed by atoms with Gasteiger partial charge in [-0.05, 0) is 55.4 Å². The van der Waals surface area contributed by atoms with Crippen molar-refractivity contribution in [3.05, 3.63) is 98.7 Å². The zero-order valence-corrected chi connectivity index (χ0v) is 23.2. The summed E-state index contributed by atoms with van der Waals surface area (Å²) in [5.74, 6) is -0.413. The number of carbonyl (C=O) groups excluding carboxylic acids is 2. The maximum atomic E-state index is 13.5. The van der Waals surface area contributed by atoms with E-state index in [1.165, 1.54) is 40.9 Å². The van der Waals surface area contributed by atoms with E-state index in [2.05, 4.69) is 29.6 Å². The highest BCUT2D eigenvalue weighted by Crippen LogP contribution is 2.43. The Bertz CT molecular complexity index is 1710. The Hall–Kier alpha value is -4.01. The third-order valence-electron chi connectivity index (χ3n) is 7.30. The van der Waals surface area contributed by atoms with Gasteiger partial charge in [0.05, 0.1) is 24.1 Å². The zero-order valence-electron chi connectivity index (χ0n) is 21.6. The number of fused-ring (bicyclic) bond motifs is 2. The number of nitrogens with two attached hydrogens (primary N) is 1. The number of ether oxygens (including phenoxy) is 1.